The van der Waals surface area contributed by atoms with Gasteiger partial charge in [-0.25, -0.2) is 4.98 Å². The standard InChI is InChI=1S/C18H14ClNO2S/c19-13-7-5-12(6-8-13)18(9-10-18)17(21)22-11-16-20-14-3-1-2-4-15(14)23-16/h1-8H,9-11H2. The van der Waals surface area contributed by atoms with E-state index in [1.165, 1.54) is 0 Å². The number of carbonyl (C=O) groups excluding carboxylic acids is 1. The van der Waals surface area contributed by atoms with Crippen LogP contribution in [0.4, 0.5) is 0 Å². The van der Waals surface area contributed by atoms with Crippen LogP contribution in [-0.2, 0) is 21.6 Å². The van der Waals surface area contributed by atoms with Gasteiger partial charge in [-0.2, -0.15) is 0 Å². The van der Waals surface area contributed by atoms with E-state index in [0.717, 1.165) is 33.6 Å². The summed E-state index contributed by atoms with van der Waals surface area (Å²) in [7, 11) is 0. The minimum atomic E-state index is -0.485. The first kappa shape index (κ1) is 14.7. The van der Waals surface area contributed by atoms with Crippen LogP contribution in [0.2, 0.25) is 5.02 Å². The lowest BCUT2D eigenvalue weighted by Gasteiger charge is -2.14. The number of esters is 1. The van der Waals surface area contributed by atoms with Gasteiger partial charge in [0.2, 0.25) is 0 Å². The highest BCUT2D eigenvalue weighted by Crippen LogP contribution is 2.49. The van der Waals surface area contributed by atoms with Crippen molar-refractivity contribution >= 4 is 39.1 Å². The van der Waals surface area contributed by atoms with Crippen molar-refractivity contribution in [2.24, 2.45) is 0 Å². The molecule has 0 spiro atoms. The highest BCUT2D eigenvalue weighted by Gasteiger charge is 2.52. The van der Waals surface area contributed by atoms with Crippen LogP contribution in [0.3, 0.4) is 0 Å². The Bertz CT molecular complexity index is 835. The van der Waals surface area contributed by atoms with Gasteiger partial charge in [0.25, 0.3) is 0 Å². The van der Waals surface area contributed by atoms with Gasteiger partial charge in [-0.1, -0.05) is 35.9 Å². The van der Waals surface area contributed by atoms with Crippen molar-refractivity contribution in [3.8, 4) is 0 Å². The number of rotatable bonds is 4. The summed E-state index contributed by atoms with van der Waals surface area (Å²) in [6.07, 6.45) is 1.65. The summed E-state index contributed by atoms with van der Waals surface area (Å²) in [5, 5.41) is 1.50. The van der Waals surface area contributed by atoms with Gasteiger partial charge < -0.3 is 4.74 Å². The molecule has 0 bridgehead atoms. The number of halogens is 1. The smallest absolute Gasteiger partial charge is 0.316 e. The summed E-state index contributed by atoms with van der Waals surface area (Å²) >= 11 is 7.48. The molecule has 0 N–H and O–H groups in total. The van der Waals surface area contributed by atoms with Crippen LogP contribution in [0.1, 0.15) is 23.4 Å². The molecular formula is C18H14ClNO2S. The molecule has 1 aliphatic carbocycles. The molecule has 1 aliphatic rings. The number of aromatic nitrogens is 1. The van der Waals surface area contributed by atoms with Gasteiger partial charge in [0.1, 0.15) is 11.6 Å². The van der Waals surface area contributed by atoms with Crippen LogP contribution < -0.4 is 0 Å². The summed E-state index contributed by atoms with van der Waals surface area (Å²) < 4.78 is 6.65. The van der Waals surface area contributed by atoms with Crippen LogP contribution >= 0.6 is 22.9 Å². The second-order valence-electron chi connectivity index (χ2n) is 5.74. The number of thiazole rings is 1. The number of benzene rings is 2. The lowest BCUT2D eigenvalue weighted by molar-refractivity contribution is -0.148. The summed E-state index contributed by atoms with van der Waals surface area (Å²) in [5.41, 5.74) is 1.44. The number of carbonyl (C=O) groups is 1. The van der Waals surface area contributed by atoms with Crippen molar-refractivity contribution in [1.82, 2.24) is 4.98 Å². The molecule has 0 radical (unpaired) electrons. The van der Waals surface area contributed by atoms with Crippen molar-refractivity contribution in [3.05, 3.63) is 64.1 Å². The lowest BCUT2D eigenvalue weighted by atomic mass is 9.96. The van der Waals surface area contributed by atoms with E-state index in [9.17, 15) is 4.79 Å². The van der Waals surface area contributed by atoms with Crippen LogP contribution in [0.5, 0.6) is 0 Å². The molecular weight excluding hydrogens is 330 g/mol. The topological polar surface area (TPSA) is 39.2 Å². The molecule has 2 aromatic carbocycles. The number of ether oxygens (including phenoxy) is 1. The molecule has 3 nitrogen and oxygen atoms in total. The Morgan fingerprint density at radius 1 is 1.17 bits per heavy atom. The summed E-state index contributed by atoms with van der Waals surface area (Å²) in [6, 6.07) is 15.4. The molecule has 5 heteroatoms. The summed E-state index contributed by atoms with van der Waals surface area (Å²) in [4.78, 5) is 17.0. The first-order chi connectivity index (χ1) is 11.2. The Morgan fingerprint density at radius 2 is 1.91 bits per heavy atom. The minimum absolute atomic E-state index is 0.168. The molecule has 116 valence electrons. The fourth-order valence-electron chi connectivity index (χ4n) is 2.75. The largest absolute Gasteiger partial charge is 0.458 e. The molecule has 0 aliphatic heterocycles. The Labute approximate surface area is 142 Å². The second-order valence-corrected chi connectivity index (χ2v) is 7.29. The molecule has 1 fully saturated rings. The molecule has 1 saturated carbocycles. The zero-order valence-corrected chi connectivity index (χ0v) is 13.9. The van der Waals surface area contributed by atoms with E-state index >= 15 is 0 Å². The van der Waals surface area contributed by atoms with Crippen molar-refractivity contribution in [1.29, 1.82) is 0 Å². The van der Waals surface area contributed by atoms with Gasteiger partial charge in [-0.15, -0.1) is 11.3 Å². The predicted molar refractivity (Wildman–Crippen MR) is 91.8 cm³/mol. The summed E-state index contributed by atoms with van der Waals surface area (Å²) in [6.45, 7) is 0.230. The third kappa shape index (κ3) is 2.73. The molecule has 1 aromatic heterocycles. The van der Waals surface area contributed by atoms with E-state index in [-0.39, 0.29) is 12.6 Å². The molecule has 0 saturated heterocycles. The third-order valence-corrected chi connectivity index (χ3v) is 5.46. The Morgan fingerprint density at radius 3 is 2.61 bits per heavy atom. The first-order valence-electron chi connectivity index (χ1n) is 7.45. The van der Waals surface area contributed by atoms with E-state index < -0.39 is 5.41 Å². The van der Waals surface area contributed by atoms with Crippen LogP contribution in [-0.4, -0.2) is 11.0 Å². The van der Waals surface area contributed by atoms with Crippen molar-refractivity contribution < 1.29 is 9.53 Å². The average Bonchev–Trinajstić information content (AvgIpc) is 3.27. The third-order valence-electron chi connectivity index (χ3n) is 4.20. The van der Waals surface area contributed by atoms with Gasteiger partial charge in [-0.05, 0) is 42.7 Å². The van der Waals surface area contributed by atoms with E-state index in [0.29, 0.717) is 5.02 Å². The van der Waals surface area contributed by atoms with Gasteiger partial charge in [0.15, 0.2) is 0 Å². The normalized spacial score (nSPS) is 15.5. The Kier molecular flexibility index (Phi) is 3.58. The zero-order chi connectivity index (χ0) is 15.9. The van der Waals surface area contributed by atoms with Gasteiger partial charge in [-0.3, -0.25) is 4.79 Å². The van der Waals surface area contributed by atoms with Gasteiger partial charge in [0, 0.05) is 5.02 Å². The minimum Gasteiger partial charge on any atom is -0.458 e. The molecule has 0 unspecified atom stereocenters. The number of hydrogen-bond donors (Lipinski definition) is 0. The van der Waals surface area contributed by atoms with E-state index in [1.807, 2.05) is 48.5 Å². The van der Waals surface area contributed by atoms with Crippen molar-refractivity contribution in [2.75, 3.05) is 0 Å². The van der Waals surface area contributed by atoms with Gasteiger partial charge >= 0.3 is 5.97 Å². The number of fused-ring (bicyclic) bond motifs is 1. The van der Waals surface area contributed by atoms with E-state index in [4.69, 9.17) is 16.3 Å². The van der Waals surface area contributed by atoms with E-state index in [2.05, 4.69) is 4.98 Å². The predicted octanol–water partition coefficient (Wildman–Crippen LogP) is 4.72. The molecule has 0 amide bonds. The second kappa shape index (κ2) is 5.62. The Balaban J connectivity index is 1.48. The molecule has 3 aromatic rings. The number of nitrogens with zero attached hydrogens (tertiary/aromatic N) is 1. The van der Waals surface area contributed by atoms with Crippen LogP contribution in [0.15, 0.2) is 48.5 Å². The maximum absolute atomic E-state index is 12.5. The van der Waals surface area contributed by atoms with Crippen LogP contribution in [0, 0.1) is 0 Å². The highest BCUT2D eigenvalue weighted by atomic mass is 35.5. The fourth-order valence-corrected chi connectivity index (χ4v) is 3.76. The SMILES string of the molecule is O=C(OCc1nc2ccccc2s1)C1(c2ccc(Cl)cc2)CC1. The average molecular weight is 344 g/mol. The van der Waals surface area contributed by atoms with E-state index in [1.54, 1.807) is 11.3 Å². The highest BCUT2D eigenvalue weighted by molar-refractivity contribution is 7.18. The monoisotopic (exact) mass is 343 g/mol. The lowest BCUT2D eigenvalue weighted by Crippen LogP contribution is -2.23. The number of para-hydroxylation sites is 1. The quantitative estimate of drug-likeness (QED) is 0.643. The fraction of sp³-hybridized carbons (Fsp3) is 0.222. The maximum atomic E-state index is 12.5. The molecule has 23 heavy (non-hydrogen) atoms. The van der Waals surface area contributed by atoms with Crippen LogP contribution in [0.25, 0.3) is 10.2 Å². The zero-order valence-electron chi connectivity index (χ0n) is 12.3. The van der Waals surface area contributed by atoms with Crippen molar-refractivity contribution in [3.63, 3.8) is 0 Å². The molecule has 0 atom stereocenters. The summed E-state index contributed by atoms with van der Waals surface area (Å²) in [5.74, 6) is -0.168. The Hall–Kier alpha value is -1.91. The molecule has 1 heterocycles. The van der Waals surface area contributed by atoms with Gasteiger partial charge in [0.05, 0.1) is 15.6 Å². The first-order valence-corrected chi connectivity index (χ1v) is 8.65. The maximum Gasteiger partial charge on any atom is 0.316 e. The molecule has 4 rings (SSSR count). The van der Waals surface area contributed by atoms with Crippen molar-refractivity contribution in [2.45, 2.75) is 24.9 Å². The number of hydrogen-bond acceptors (Lipinski definition) is 4.